The number of carboxylic acid groups (broad SMARTS) is 1. The largest absolute Gasteiger partial charge is 0.478 e. The topological polar surface area (TPSA) is 84.1 Å². The van der Waals surface area contributed by atoms with E-state index in [0.29, 0.717) is 6.04 Å². The van der Waals surface area contributed by atoms with E-state index in [9.17, 15) is 4.79 Å². The van der Waals surface area contributed by atoms with Crippen LogP contribution in [0.5, 0.6) is 0 Å². The highest BCUT2D eigenvalue weighted by Gasteiger charge is 2.30. The summed E-state index contributed by atoms with van der Waals surface area (Å²) in [5.74, 6) is -0.273. The van der Waals surface area contributed by atoms with Crippen molar-refractivity contribution in [2.75, 3.05) is 6.54 Å². The van der Waals surface area contributed by atoms with Gasteiger partial charge in [-0.15, -0.1) is 0 Å². The van der Waals surface area contributed by atoms with Crippen molar-refractivity contribution in [3.05, 3.63) is 41.7 Å². The van der Waals surface area contributed by atoms with Gasteiger partial charge in [-0.2, -0.15) is 5.10 Å². The fraction of sp³-hybridized carbons (Fsp3) is 0.556. The molecule has 0 radical (unpaired) electrons. The predicted molar refractivity (Wildman–Crippen MR) is 91.1 cm³/mol. The van der Waals surface area contributed by atoms with Gasteiger partial charge in [-0.1, -0.05) is 12.8 Å². The normalized spacial score (nSPS) is 21.8. The van der Waals surface area contributed by atoms with Gasteiger partial charge in [0.05, 0.1) is 23.3 Å². The zero-order valence-corrected chi connectivity index (χ0v) is 14.2. The number of hydrogen-bond acceptors (Lipinski definition) is 5. The molecule has 2 aromatic rings. The van der Waals surface area contributed by atoms with E-state index in [1.54, 1.807) is 0 Å². The molecule has 25 heavy (non-hydrogen) atoms. The highest BCUT2D eigenvalue weighted by atomic mass is 16.4. The number of aromatic nitrogens is 4. The molecule has 0 aromatic carbocycles. The number of rotatable bonds is 5. The molecule has 4 rings (SSSR count). The maximum atomic E-state index is 11.0. The standard InChI is InChI=1S/C18H23N5O2/c24-18(25)13-10-19-17(20-11-13)16-6-3-9-22(16)12-15-7-8-21-23(15)14-4-1-2-5-14/h7-8,10-11,14,16H,1-6,9,12H2,(H,24,25). The molecule has 132 valence electrons. The molecule has 1 saturated heterocycles. The Morgan fingerprint density at radius 2 is 1.92 bits per heavy atom. The zero-order chi connectivity index (χ0) is 17.2. The third-order valence-electron chi connectivity index (χ3n) is 5.37. The van der Waals surface area contributed by atoms with Crippen molar-refractivity contribution in [2.24, 2.45) is 0 Å². The van der Waals surface area contributed by atoms with Gasteiger partial charge in [0, 0.05) is 25.1 Å². The monoisotopic (exact) mass is 341 g/mol. The molecule has 3 heterocycles. The van der Waals surface area contributed by atoms with Gasteiger partial charge < -0.3 is 5.11 Å². The summed E-state index contributed by atoms with van der Waals surface area (Å²) in [4.78, 5) is 22.0. The third kappa shape index (κ3) is 3.28. The van der Waals surface area contributed by atoms with Crippen LogP contribution in [-0.2, 0) is 6.54 Å². The minimum atomic E-state index is -0.990. The summed E-state index contributed by atoms with van der Waals surface area (Å²) in [6.07, 6.45) is 11.8. The van der Waals surface area contributed by atoms with Crippen LogP contribution in [0.25, 0.3) is 0 Å². The summed E-state index contributed by atoms with van der Waals surface area (Å²) < 4.78 is 2.21. The molecule has 1 aliphatic carbocycles. The molecule has 1 atom stereocenters. The van der Waals surface area contributed by atoms with Gasteiger partial charge >= 0.3 is 5.97 Å². The number of likely N-dealkylation sites (tertiary alicyclic amines) is 1. The lowest BCUT2D eigenvalue weighted by atomic mass is 10.2. The van der Waals surface area contributed by atoms with Crippen LogP contribution in [0.15, 0.2) is 24.7 Å². The van der Waals surface area contributed by atoms with Crippen LogP contribution in [-0.4, -0.2) is 42.3 Å². The highest BCUT2D eigenvalue weighted by molar-refractivity contribution is 5.86. The minimum Gasteiger partial charge on any atom is -0.478 e. The fourth-order valence-corrected chi connectivity index (χ4v) is 4.08. The highest BCUT2D eigenvalue weighted by Crippen LogP contribution is 2.33. The summed E-state index contributed by atoms with van der Waals surface area (Å²) >= 11 is 0. The van der Waals surface area contributed by atoms with Gasteiger partial charge in [0.1, 0.15) is 5.82 Å². The van der Waals surface area contributed by atoms with Gasteiger partial charge in [-0.05, 0) is 38.3 Å². The third-order valence-corrected chi connectivity index (χ3v) is 5.37. The lowest BCUT2D eigenvalue weighted by molar-refractivity contribution is 0.0695. The van der Waals surface area contributed by atoms with Crippen molar-refractivity contribution in [1.82, 2.24) is 24.6 Å². The molecule has 7 nitrogen and oxygen atoms in total. The van der Waals surface area contributed by atoms with Crippen LogP contribution in [0.2, 0.25) is 0 Å². The van der Waals surface area contributed by atoms with E-state index in [1.165, 1.54) is 43.8 Å². The van der Waals surface area contributed by atoms with Crippen molar-refractivity contribution in [3.63, 3.8) is 0 Å². The van der Waals surface area contributed by atoms with Crippen LogP contribution in [0.3, 0.4) is 0 Å². The molecule has 2 aromatic heterocycles. The predicted octanol–water partition coefficient (Wildman–Crippen LogP) is 2.82. The Morgan fingerprint density at radius 3 is 2.64 bits per heavy atom. The Morgan fingerprint density at radius 1 is 1.16 bits per heavy atom. The minimum absolute atomic E-state index is 0.132. The van der Waals surface area contributed by atoms with Crippen molar-refractivity contribution in [3.8, 4) is 0 Å². The smallest absolute Gasteiger partial charge is 0.338 e. The van der Waals surface area contributed by atoms with Crippen LogP contribution < -0.4 is 0 Å². The molecule has 2 aliphatic rings. The molecular formula is C18H23N5O2. The van der Waals surface area contributed by atoms with Gasteiger partial charge in [-0.3, -0.25) is 9.58 Å². The number of carbonyl (C=O) groups is 1. The Labute approximate surface area is 146 Å². The number of hydrogen-bond donors (Lipinski definition) is 1. The molecule has 0 bridgehead atoms. The number of nitrogens with zero attached hydrogens (tertiary/aromatic N) is 5. The van der Waals surface area contributed by atoms with Crippen molar-refractivity contribution < 1.29 is 9.90 Å². The number of aromatic carboxylic acids is 1. The maximum absolute atomic E-state index is 11.0. The van der Waals surface area contributed by atoms with E-state index >= 15 is 0 Å². The lowest BCUT2D eigenvalue weighted by Crippen LogP contribution is -2.26. The van der Waals surface area contributed by atoms with Crippen LogP contribution in [0.4, 0.5) is 0 Å². The molecule has 1 unspecified atom stereocenters. The average molecular weight is 341 g/mol. The summed E-state index contributed by atoms with van der Waals surface area (Å²) in [5, 5.41) is 13.6. The van der Waals surface area contributed by atoms with Crippen molar-refractivity contribution in [1.29, 1.82) is 0 Å². The second-order valence-corrected chi connectivity index (χ2v) is 6.97. The molecule has 1 N–H and O–H groups in total. The SMILES string of the molecule is O=C(O)c1cnc(C2CCCN2Cc2ccnn2C2CCCC2)nc1. The summed E-state index contributed by atoms with van der Waals surface area (Å²) in [6.45, 7) is 1.84. The average Bonchev–Trinajstić information content (AvgIpc) is 3.37. The molecular weight excluding hydrogens is 318 g/mol. The fourth-order valence-electron chi connectivity index (χ4n) is 4.08. The van der Waals surface area contributed by atoms with E-state index in [0.717, 1.165) is 31.8 Å². The summed E-state index contributed by atoms with van der Waals surface area (Å²) in [6, 6.07) is 2.80. The van der Waals surface area contributed by atoms with E-state index < -0.39 is 5.97 Å². The van der Waals surface area contributed by atoms with Gasteiger partial charge in [0.15, 0.2) is 0 Å². The van der Waals surface area contributed by atoms with Crippen molar-refractivity contribution >= 4 is 5.97 Å². The first-order chi connectivity index (χ1) is 12.2. The van der Waals surface area contributed by atoms with E-state index in [2.05, 4.69) is 30.7 Å². The van der Waals surface area contributed by atoms with Crippen LogP contribution in [0, 0.1) is 0 Å². The first-order valence-electron chi connectivity index (χ1n) is 9.04. The van der Waals surface area contributed by atoms with E-state index in [4.69, 9.17) is 5.11 Å². The second kappa shape index (κ2) is 6.92. The van der Waals surface area contributed by atoms with E-state index in [-0.39, 0.29) is 11.6 Å². The Balaban J connectivity index is 1.50. The Bertz CT molecular complexity index is 736. The van der Waals surface area contributed by atoms with E-state index in [1.807, 2.05) is 6.20 Å². The number of carboxylic acids is 1. The molecule has 0 spiro atoms. The Kier molecular flexibility index (Phi) is 4.48. The van der Waals surface area contributed by atoms with Crippen molar-refractivity contribution in [2.45, 2.75) is 57.2 Å². The second-order valence-electron chi connectivity index (χ2n) is 6.97. The lowest BCUT2D eigenvalue weighted by Gasteiger charge is -2.24. The molecule has 7 heteroatoms. The first kappa shape index (κ1) is 16.2. The maximum Gasteiger partial charge on any atom is 0.338 e. The van der Waals surface area contributed by atoms with Gasteiger partial charge in [-0.25, -0.2) is 14.8 Å². The molecule has 0 amide bonds. The summed E-state index contributed by atoms with van der Waals surface area (Å²) in [5.41, 5.74) is 1.38. The summed E-state index contributed by atoms with van der Waals surface area (Å²) in [7, 11) is 0. The van der Waals surface area contributed by atoms with Gasteiger partial charge in [0.2, 0.25) is 0 Å². The molecule has 1 saturated carbocycles. The Hall–Kier alpha value is -2.28. The van der Waals surface area contributed by atoms with Crippen LogP contribution >= 0.6 is 0 Å². The quantitative estimate of drug-likeness (QED) is 0.900. The zero-order valence-electron chi connectivity index (χ0n) is 14.2. The molecule has 1 aliphatic heterocycles. The first-order valence-corrected chi connectivity index (χ1v) is 9.04. The van der Waals surface area contributed by atoms with Crippen LogP contribution in [0.1, 0.15) is 72.5 Å². The molecule has 2 fully saturated rings. The van der Waals surface area contributed by atoms with Gasteiger partial charge in [0.25, 0.3) is 0 Å².